The molecular formula is C28H29N11O. The lowest BCUT2D eigenvalue weighted by atomic mass is 9.85. The maximum absolute atomic E-state index is 13.2. The molecule has 0 aromatic carbocycles. The highest BCUT2D eigenvalue weighted by molar-refractivity contribution is 5.91. The molecule has 8 rings (SSSR count). The van der Waals surface area contributed by atoms with Crippen LogP contribution < -0.4 is 5.73 Å². The van der Waals surface area contributed by atoms with E-state index in [-0.39, 0.29) is 23.9 Å². The number of aromatic amines is 1. The van der Waals surface area contributed by atoms with Crippen LogP contribution in [-0.2, 0) is 7.05 Å². The van der Waals surface area contributed by atoms with Crippen LogP contribution in [-0.4, -0.2) is 67.4 Å². The molecule has 7 heterocycles. The molecule has 0 radical (unpaired) electrons. The number of nitrogen functional groups attached to an aromatic ring is 1. The molecule has 0 unspecified atom stereocenters. The number of carbonyl (C=O) groups is 1. The lowest BCUT2D eigenvalue weighted by Crippen LogP contribution is -2.46. The van der Waals surface area contributed by atoms with Crippen molar-refractivity contribution in [2.45, 2.75) is 62.4 Å². The van der Waals surface area contributed by atoms with E-state index in [1.54, 1.807) is 9.20 Å². The van der Waals surface area contributed by atoms with Crippen molar-refractivity contribution in [2.24, 2.45) is 7.05 Å². The van der Waals surface area contributed by atoms with Crippen LogP contribution in [0.25, 0.3) is 28.2 Å². The minimum absolute atomic E-state index is 0.0616. The molecule has 2 aliphatic heterocycles. The minimum atomic E-state index is -0.0616. The van der Waals surface area contributed by atoms with Gasteiger partial charge in [-0.2, -0.15) is 14.7 Å². The Labute approximate surface area is 229 Å². The number of aromatic nitrogens is 9. The van der Waals surface area contributed by atoms with Gasteiger partial charge in [-0.3, -0.25) is 14.5 Å². The van der Waals surface area contributed by atoms with Crippen molar-refractivity contribution in [1.82, 2.24) is 49.4 Å². The molecule has 202 valence electrons. The summed E-state index contributed by atoms with van der Waals surface area (Å²) in [6.45, 7) is 0. The Kier molecular flexibility index (Phi) is 5.07. The van der Waals surface area contributed by atoms with E-state index in [2.05, 4.69) is 30.4 Å². The van der Waals surface area contributed by atoms with Crippen molar-refractivity contribution in [3.05, 3.63) is 60.2 Å². The zero-order valence-corrected chi connectivity index (χ0v) is 22.1. The highest BCUT2D eigenvalue weighted by Gasteiger charge is 2.46. The summed E-state index contributed by atoms with van der Waals surface area (Å²) in [7, 11) is 1.89. The Morgan fingerprint density at radius 1 is 1.02 bits per heavy atom. The van der Waals surface area contributed by atoms with Crippen LogP contribution in [0.4, 0.5) is 5.82 Å². The van der Waals surface area contributed by atoms with Gasteiger partial charge in [0.1, 0.15) is 17.8 Å². The molecule has 5 aromatic heterocycles. The lowest BCUT2D eigenvalue weighted by molar-refractivity contribution is 0.0557. The molecule has 1 aliphatic carbocycles. The fraction of sp³-hybridized carbons (Fsp3) is 0.393. The first kappa shape index (κ1) is 23.3. The second-order valence-electron chi connectivity index (χ2n) is 11.3. The molecule has 2 saturated heterocycles. The summed E-state index contributed by atoms with van der Waals surface area (Å²) in [5.41, 5.74) is 13.3. The van der Waals surface area contributed by atoms with E-state index >= 15 is 0 Å². The van der Waals surface area contributed by atoms with Crippen LogP contribution in [0.15, 0.2) is 43.1 Å². The summed E-state index contributed by atoms with van der Waals surface area (Å²) >= 11 is 0. The predicted molar refractivity (Wildman–Crippen MR) is 146 cm³/mol. The van der Waals surface area contributed by atoms with Crippen LogP contribution in [0.1, 0.15) is 72.2 Å². The number of hydrogen-bond donors (Lipinski definition) is 2. The van der Waals surface area contributed by atoms with Crippen molar-refractivity contribution < 1.29 is 4.79 Å². The van der Waals surface area contributed by atoms with Crippen molar-refractivity contribution in [3.63, 3.8) is 0 Å². The number of pyridine rings is 1. The molecule has 0 spiro atoms. The molecule has 3 atom stereocenters. The number of anilines is 1. The second kappa shape index (κ2) is 8.70. The first-order valence-electron chi connectivity index (χ1n) is 13.9. The maximum Gasteiger partial charge on any atom is 0.292 e. The number of H-pyrrole nitrogens is 1. The molecule has 3 aliphatic rings. The summed E-state index contributed by atoms with van der Waals surface area (Å²) < 4.78 is 3.55. The quantitative estimate of drug-likeness (QED) is 0.348. The topological polar surface area (TPSA) is 149 Å². The van der Waals surface area contributed by atoms with E-state index in [0.717, 1.165) is 77.9 Å². The summed E-state index contributed by atoms with van der Waals surface area (Å²) in [5, 5.41) is 16.9. The fourth-order valence-corrected chi connectivity index (χ4v) is 6.77. The second-order valence-corrected chi connectivity index (χ2v) is 11.3. The highest BCUT2D eigenvalue weighted by atomic mass is 16.2. The third-order valence-corrected chi connectivity index (χ3v) is 8.76. The van der Waals surface area contributed by atoms with Crippen molar-refractivity contribution in [2.75, 3.05) is 5.73 Å². The highest BCUT2D eigenvalue weighted by Crippen LogP contribution is 2.50. The SMILES string of the molecule is Cn1ccc(-c2ccc(-c3cnn4c(N)c(C5CC5)c([C@@H]5C[C@H]6CC[C@@H](C5)N6C(=O)c5nnc[nH]5)nc34)cn2)n1. The van der Waals surface area contributed by atoms with E-state index < -0.39 is 0 Å². The summed E-state index contributed by atoms with van der Waals surface area (Å²) in [6.07, 6.45) is 13.0. The maximum atomic E-state index is 13.2. The first-order valence-corrected chi connectivity index (χ1v) is 13.9. The largest absolute Gasteiger partial charge is 0.383 e. The third kappa shape index (κ3) is 3.62. The molecule has 12 nitrogen and oxygen atoms in total. The average molecular weight is 536 g/mol. The summed E-state index contributed by atoms with van der Waals surface area (Å²) in [5.74, 6) is 1.58. The predicted octanol–water partition coefficient (Wildman–Crippen LogP) is 3.32. The Hall–Kier alpha value is -4.61. The molecule has 40 heavy (non-hydrogen) atoms. The number of carbonyl (C=O) groups excluding carboxylic acids is 1. The monoisotopic (exact) mass is 535 g/mol. The molecule has 3 N–H and O–H groups in total. The minimum Gasteiger partial charge on any atom is -0.383 e. The zero-order chi connectivity index (χ0) is 27.0. The van der Waals surface area contributed by atoms with Crippen molar-refractivity contribution >= 4 is 17.4 Å². The standard InChI is InChI=1S/C28H29N11O/c1-37-9-8-22(36-37)21-7-4-16(12-30-21)20-13-33-39-25(29)23(15-2-3-15)24(34-27(20)39)17-10-18-5-6-19(11-17)38(18)28(40)26-31-14-32-35-26/h4,7-9,12-15,17-19H,2-3,5-6,10-11,29H2,1H3,(H,31,32,35)/t17-,18-,19+. The number of amides is 1. The van der Waals surface area contributed by atoms with Crippen LogP contribution >= 0.6 is 0 Å². The molecule has 1 saturated carbocycles. The van der Waals surface area contributed by atoms with E-state index in [1.807, 2.05) is 48.7 Å². The van der Waals surface area contributed by atoms with Gasteiger partial charge in [0.25, 0.3) is 5.91 Å². The smallest absolute Gasteiger partial charge is 0.292 e. The molecule has 5 aromatic rings. The zero-order valence-electron chi connectivity index (χ0n) is 22.1. The van der Waals surface area contributed by atoms with Gasteiger partial charge in [-0.15, -0.1) is 10.2 Å². The van der Waals surface area contributed by atoms with Gasteiger partial charge in [-0.05, 0) is 56.6 Å². The van der Waals surface area contributed by atoms with Crippen molar-refractivity contribution in [3.8, 4) is 22.5 Å². The summed E-state index contributed by atoms with van der Waals surface area (Å²) in [6, 6.07) is 6.26. The van der Waals surface area contributed by atoms with Crippen molar-refractivity contribution in [1.29, 1.82) is 0 Å². The number of nitrogens with zero attached hydrogens (tertiary/aromatic N) is 9. The van der Waals surface area contributed by atoms with Crippen LogP contribution in [0.2, 0.25) is 0 Å². The number of hydrogen-bond acceptors (Lipinski definition) is 8. The van der Waals surface area contributed by atoms with E-state index in [1.165, 1.54) is 6.33 Å². The van der Waals surface area contributed by atoms with Gasteiger partial charge in [0.05, 0.1) is 17.6 Å². The number of nitrogens with two attached hydrogens (primary N) is 1. The number of nitrogens with one attached hydrogen (secondary N) is 1. The Bertz CT molecular complexity index is 1720. The van der Waals surface area contributed by atoms with Gasteiger partial charge in [-0.25, -0.2) is 4.98 Å². The Morgan fingerprint density at radius 2 is 1.85 bits per heavy atom. The fourth-order valence-electron chi connectivity index (χ4n) is 6.77. The van der Waals surface area contributed by atoms with Crippen LogP contribution in [0, 0.1) is 0 Å². The molecule has 1 amide bonds. The number of fused-ring (bicyclic) bond motifs is 3. The average Bonchev–Trinajstić information content (AvgIpc) is 3.31. The van der Waals surface area contributed by atoms with Gasteiger partial charge in [-0.1, -0.05) is 6.07 Å². The van der Waals surface area contributed by atoms with Gasteiger partial charge in [0.15, 0.2) is 5.65 Å². The van der Waals surface area contributed by atoms with E-state index in [0.29, 0.717) is 17.6 Å². The van der Waals surface area contributed by atoms with Gasteiger partial charge >= 0.3 is 0 Å². The van der Waals surface area contributed by atoms with Gasteiger partial charge < -0.3 is 15.6 Å². The molecule has 2 bridgehead atoms. The van der Waals surface area contributed by atoms with Crippen LogP contribution in [0.3, 0.4) is 0 Å². The lowest BCUT2D eigenvalue weighted by Gasteiger charge is -2.39. The Morgan fingerprint density at radius 3 is 2.50 bits per heavy atom. The summed E-state index contributed by atoms with van der Waals surface area (Å²) in [4.78, 5) is 28.1. The van der Waals surface area contributed by atoms with E-state index in [4.69, 9.17) is 10.7 Å². The van der Waals surface area contributed by atoms with Gasteiger partial charge in [0, 0.05) is 54.1 Å². The Balaban J connectivity index is 1.16. The number of aryl methyl sites for hydroxylation is 1. The first-order chi connectivity index (χ1) is 19.5. The molecular weight excluding hydrogens is 506 g/mol. The third-order valence-electron chi connectivity index (χ3n) is 8.76. The number of rotatable bonds is 5. The number of piperidine rings is 1. The van der Waals surface area contributed by atoms with Gasteiger partial charge in [0.2, 0.25) is 5.82 Å². The van der Waals surface area contributed by atoms with E-state index in [9.17, 15) is 4.79 Å². The molecule has 3 fully saturated rings. The van der Waals surface area contributed by atoms with Crippen LogP contribution in [0.5, 0.6) is 0 Å². The molecule has 12 heteroatoms. The normalized spacial score (nSPS) is 22.3.